The second-order valence-electron chi connectivity index (χ2n) is 5.40. The summed E-state index contributed by atoms with van der Waals surface area (Å²) in [4.78, 5) is 24.0. The highest BCUT2D eigenvalue weighted by molar-refractivity contribution is 7.93. The first-order valence-electron chi connectivity index (χ1n) is 6.11. The number of β-lactam (4-membered cyclic amide) rings is 1. The second-order valence-corrected chi connectivity index (χ2v) is 7.97. The van der Waals surface area contributed by atoms with Crippen molar-refractivity contribution in [3.8, 4) is 0 Å². The number of rotatable bonds is 3. The molecule has 0 unspecified atom stereocenters. The molecule has 0 aromatic carbocycles. The zero-order chi connectivity index (χ0) is 15.6. The summed E-state index contributed by atoms with van der Waals surface area (Å²) < 4.78 is 24.7. The molecule has 0 aliphatic carbocycles. The van der Waals surface area contributed by atoms with E-state index in [2.05, 4.69) is 10.3 Å². The van der Waals surface area contributed by atoms with Gasteiger partial charge in [-0.25, -0.2) is 17.9 Å². The predicted octanol–water partition coefficient (Wildman–Crippen LogP) is -1.94. The second kappa shape index (κ2) is 3.93. The van der Waals surface area contributed by atoms with E-state index in [9.17, 15) is 23.1 Å². The number of hydrogen-bond acceptors (Lipinski definition) is 7. The van der Waals surface area contributed by atoms with Crippen molar-refractivity contribution >= 4 is 27.5 Å². The number of fused-ring (bicyclic) bond motifs is 1. The van der Waals surface area contributed by atoms with E-state index in [0.29, 0.717) is 0 Å². The van der Waals surface area contributed by atoms with Crippen LogP contribution in [0.1, 0.15) is 13.3 Å². The van der Waals surface area contributed by atoms with Gasteiger partial charge in [-0.3, -0.25) is 4.79 Å². The van der Waals surface area contributed by atoms with Crippen molar-refractivity contribution in [2.45, 2.75) is 36.1 Å². The fourth-order valence-electron chi connectivity index (χ4n) is 3.00. The van der Waals surface area contributed by atoms with Crippen LogP contribution in [0.4, 0.5) is 5.82 Å². The highest BCUT2D eigenvalue weighted by Crippen LogP contribution is 2.46. The molecule has 2 saturated heterocycles. The standard InChI is InChI=1S/C10H13N5O5S/c1-10(4-14-3-5(11)12-13-14)8(9(17)18)15-6(16)2-7(15)21(10,19)20/h3,7-8H,2,4,11H2,1H3,(H,17,18)/t7-,8+,10+/m1/s1. The average molecular weight is 315 g/mol. The molecule has 114 valence electrons. The van der Waals surface area contributed by atoms with Crippen LogP contribution in [0.15, 0.2) is 6.20 Å². The van der Waals surface area contributed by atoms with Crippen LogP contribution in [0.3, 0.4) is 0 Å². The summed E-state index contributed by atoms with van der Waals surface area (Å²) >= 11 is 0. The molecule has 1 amide bonds. The zero-order valence-electron chi connectivity index (χ0n) is 11.0. The largest absolute Gasteiger partial charge is 0.480 e. The van der Waals surface area contributed by atoms with E-state index < -0.39 is 37.9 Å². The van der Waals surface area contributed by atoms with Gasteiger partial charge in [-0.05, 0) is 6.92 Å². The fraction of sp³-hybridized carbons (Fsp3) is 0.600. The molecule has 3 atom stereocenters. The molecule has 2 aliphatic heterocycles. The average Bonchev–Trinajstić information content (AvgIpc) is 2.81. The maximum absolute atomic E-state index is 12.6. The number of nitrogens with two attached hydrogens (primary N) is 1. The van der Waals surface area contributed by atoms with Gasteiger partial charge < -0.3 is 15.7 Å². The number of nitrogen functional groups attached to an aromatic ring is 1. The molecule has 0 saturated carbocycles. The number of sulfone groups is 1. The third-order valence-electron chi connectivity index (χ3n) is 4.08. The van der Waals surface area contributed by atoms with Crippen LogP contribution in [0.25, 0.3) is 0 Å². The lowest BCUT2D eigenvalue weighted by Crippen LogP contribution is -2.58. The van der Waals surface area contributed by atoms with Crippen molar-refractivity contribution in [3.05, 3.63) is 6.20 Å². The topological polar surface area (TPSA) is 148 Å². The molecule has 2 aliphatic rings. The van der Waals surface area contributed by atoms with Crippen LogP contribution >= 0.6 is 0 Å². The molecule has 0 radical (unpaired) electrons. The Bertz CT molecular complexity index is 743. The molecule has 3 heterocycles. The number of hydrogen-bond donors (Lipinski definition) is 2. The summed E-state index contributed by atoms with van der Waals surface area (Å²) in [5.74, 6) is -1.73. The van der Waals surface area contributed by atoms with Crippen LogP contribution in [0.5, 0.6) is 0 Å². The van der Waals surface area contributed by atoms with Gasteiger partial charge in [-0.15, -0.1) is 5.10 Å². The number of anilines is 1. The zero-order valence-corrected chi connectivity index (χ0v) is 11.8. The molecule has 1 aromatic rings. The van der Waals surface area contributed by atoms with Crippen molar-refractivity contribution in [1.29, 1.82) is 0 Å². The monoisotopic (exact) mass is 315 g/mol. The van der Waals surface area contributed by atoms with Crippen molar-refractivity contribution in [3.63, 3.8) is 0 Å². The van der Waals surface area contributed by atoms with E-state index in [0.717, 1.165) is 4.90 Å². The van der Waals surface area contributed by atoms with Crippen molar-refractivity contribution in [1.82, 2.24) is 19.9 Å². The molecular weight excluding hydrogens is 302 g/mol. The molecule has 10 nitrogen and oxygen atoms in total. The number of amides is 1. The summed E-state index contributed by atoms with van der Waals surface area (Å²) in [6.07, 6.45) is 1.14. The highest BCUT2D eigenvalue weighted by atomic mass is 32.2. The normalized spacial score (nSPS) is 33.6. The van der Waals surface area contributed by atoms with E-state index in [1.807, 2.05) is 0 Å². The minimum atomic E-state index is -3.85. The van der Waals surface area contributed by atoms with Gasteiger partial charge in [0.25, 0.3) is 0 Å². The molecule has 2 fully saturated rings. The number of aliphatic carboxylic acids is 1. The molecule has 0 spiro atoms. The molecular formula is C10H13N5O5S. The van der Waals surface area contributed by atoms with E-state index in [1.165, 1.54) is 17.8 Å². The summed E-state index contributed by atoms with van der Waals surface area (Å²) in [5.41, 5.74) is 5.42. The molecule has 3 N–H and O–H groups in total. The Morgan fingerprint density at radius 2 is 2.29 bits per heavy atom. The maximum atomic E-state index is 12.6. The van der Waals surface area contributed by atoms with E-state index in [-0.39, 0.29) is 18.8 Å². The minimum Gasteiger partial charge on any atom is -0.480 e. The molecule has 1 aromatic heterocycles. The van der Waals surface area contributed by atoms with Crippen LogP contribution in [0.2, 0.25) is 0 Å². The Balaban J connectivity index is 2.08. The van der Waals surface area contributed by atoms with Crippen LogP contribution in [-0.4, -0.2) is 61.5 Å². The Morgan fingerprint density at radius 3 is 2.76 bits per heavy atom. The van der Waals surface area contributed by atoms with E-state index >= 15 is 0 Å². The van der Waals surface area contributed by atoms with E-state index in [4.69, 9.17) is 5.73 Å². The van der Waals surface area contributed by atoms with Gasteiger partial charge >= 0.3 is 5.97 Å². The Hall–Kier alpha value is -2.17. The number of aromatic nitrogens is 3. The van der Waals surface area contributed by atoms with Gasteiger partial charge in [-0.2, -0.15) is 0 Å². The smallest absolute Gasteiger partial charge is 0.328 e. The van der Waals surface area contributed by atoms with Gasteiger partial charge in [-0.1, -0.05) is 5.21 Å². The van der Waals surface area contributed by atoms with Crippen LogP contribution < -0.4 is 5.73 Å². The maximum Gasteiger partial charge on any atom is 0.328 e. The third-order valence-corrected chi connectivity index (χ3v) is 6.84. The van der Waals surface area contributed by atoms with Crippen LogP contribution in [-0.2, 0) is 26.0 Å². The lowest BCUT2D eigenvalue weighted by atomic mass is 9.96. The minimum absolute atomic E-state index is 0.0974. The number of carbonyl (C=O) groups is 2. The highest BCUT2D eigenvalue weighted by Gasteiger charge is 2.70. The first-order chi connectivity index (χ1) is 9.68. The summed E-state index contributed by atoms with van der Waals surface area (Å²) in [6, 6.07) is -1.45. The molecule has 3 rings (SSSR count). The van der Waals surface area contributed by atoms with Gasteiger partial charge in [0.15, 0.2) is 21.7 Å². The SMILES string of the molecule is C[C@]1(Cn2cc(N)nn2)[C@H](C(=O)O)N2C(=O)C[C@H]2S1(=O)=O. The fourth-order valence-corrected chi connectivity index (χ4v) is 5.36. The molecule has 11 heteroatoms. The summed E-state index contributed by atoms with van der Waals surface area (Å²) in [5, 5.41) is 15.5. The Labute approximate surface area is 119 Å². The van der Waals surface area contributed by atoms with Crippen molar-refractivity contribution < 1.29 is 23.1 Å². The predicted molar refractivity (Wildman–Crippen MR) is 68.4 cm³/mol. The Morgan fingerprint density at radius 1 is 1.62 bits per heavy atom. The first-order valence-corrected chi connectivity index (χ1v) is 7.66. The third kappa shape index (κ3) is 1.60. The van der Waals surface area contributed by atoms with Gasteiger partial charge in [0.2, 0.25) is 5.91 Å². The van der Waals surface area contributed by atoms with Gasteiger partial charge in [0.05, 0.1) is 19.2 Å². The van der Waals surface area contributed by atoms with E-state index in [1.54, 1.807) is 0 Å². The van der Waals surface area contributed by atoms with Crippen molar-refractivity contribution in [2.24, 2.45) is 0 Å². The molecule has 0 bridgehead atoms. The number of carboxylic acid groups (broad SMARTS) is 1. The number of carboxylic acids is 1. The summed E-state index contributed by atoms with van der Waals surface area (Å²) in [6.45, 7) is 1.07. The lowest BCUT2D eigenvalue weighted by molar-refractivity contribution is -0.157. The number of nitrogens with zero attached hydrogens (tertiary/aromatic N) is 4. The van der Waals surface area contributed by atoms with Gasteiger partial charge in [0, 0.05) is 0 Å². The quantitative estimate of drug-likeness (QED) is 0.612. The Kier molecular flexibility index (Phi) is 2.58. The van der Waals surface area contributed by atoms with Gasteiger partial charge in [0.1, 0.15) is 10.1 Å². The molecule has 21 heavy (non-hydrogen) atoms. The first kappa shape index (κ1) is 13.8. The lowest BCUT2D eigenvalue weighted by Gasteiger charge is -2.35. The van der Waals surface area contributed by atoms with Crippen molar-refractivity contribution in [2.75, 3.05) is 5.73 Å². The number of carbonyl (C=O) groups excluding carboxylic acids is 1. The summed E-state index contributed by atoms with van der Waals surface area (Å²) in [7, 11) is -3.85. The van der Waals surface area contributed by atoms with Crippen LogP contribution in [0, 0.1) is 0 Å².